The molecule has 0 aliphatic heterocycles. The fourth-order valence-corrected chi connectivity index (χ4v) is 4.66. The summed E-state index contributed by atoms with van der Waals surface area (Å²) in [7, 11) is -1.06. The Morgan fingerprint density at radius 3 is 2.27 bits per heavy atom. The lowest BCUT2D eigenvalue weighted by Gasteiger charge is -2.14. The van der Waals surface area contributed by atoms with Gasteiger partial charge < -0.3 is 0 Å². The van der Waals surface area contributed by atoms with E-state index in [1.807, 2.05) is 17.4 Å². The van der Waals surface area contributed by atoms with Gasteiger partial charge in [-0.1, -0.05) is 26.6 Å². The van der Waals surface area contributed by atoms with Crippen molar-refractivity contribution in [3.05, 3.63) is 24.3 Å². The highest BCUT2D eigenvalue weighted by Crippen LogP contribution is 2.29. The lowest BCUT2D eigenvalue weighted by Crippen LogP contribution is -2.13. The molecule has 0 radical (unpaired) electrons. The van der Waals surface area contributed by atoms with Crippen molar-refractivity contribution in [2.45, 2.75) is 37.9 Å². The topological polar surface area (TPSA) is 12.4 Å². The molecular formula is C12H19NSSi. The van der Waals surface area contributed by atoms with E-state index in [1.165, 1.54) is 4.90 Å². The maximum Gasteiger partial charge on any atom is 0.114 e. The number of rotatable bonds is 4. The Bertz CT molecular complexity index is 324. The average Bonchev–Trinajstić information content (AvgIpc) is 2.14. The fraction of sp³-hybridized carbons (Fsp3) is 0.417. The molecule has 0 unspecified atom stereocenters. The number of aliphatic imine (C=N–C) groups is 1. The highest BCUT2D eigenvalue weighted by Gasteiger charge is 2.14. The van der Waals surface area contributed by atoms with Crippen LogP contribution in [0.5, 0.6) is 0 Å². The molecule has 0 aliphatic carbocycles. The maximum absolute atomic E-state index is 4.34. The summed E-state index contributed by atoms with van der Waals surface area (Å²) in [5.74, 6) is 0. The Balaban J connectivity index is 2.68. The van der Waals surface area contributed by atoms with Gasteiger partial charge in [0, 0.05) is 11.1 Å². The molecule has 1 nitrogen and oxygen atoms in total. The molecule has 0 amide bonds. The van der Waals surface area contributed by atoms with Gasteiger partial charge in [-0.05, 0) is 30.7 Å². The molecule has 1 aromatic rings. The Kier molecular flexibility index (Phi) is 4.61. The largest absolute Gasteiger partial charge is 0.261 e. The Morgan fingerprint density at radius 1 is 1.20 bits per heavy atom. The zero-order valence-electron chi connectivity index (χ0n) is 9.95. The molecule has 0 atom stereocenters. The van der Waals surface area contributed by atoms with Crippen molar-refractivity contribution in [1.82, 2.24) is 0 Å². The van der Waals surface area contributed by atoms with Gasteiger partial charge in [-0.15, -0.1) is 0 Å². The minimum atomic E-state index is -1.06. The number of hydrogen-bond donors (Lipinski definition) is 0. The van der Waals surface area contributed by atoms with Crippen molar-refractivity contribution >= 4 is 30.3 Å². The first-order valence-electron chi connectivity index (χ1n) is 5.33. The van der Waals surface area contributed by atoms with E-state index in [-0.39, 0.29) is 0 Å². The molecule has 0 aromatic heterocycles. The predicted molar refractivity (Wildman–Crippen MR) is 74.1 cm³/mol. The molecule has 0 saturated heterocycles. The second-order valence-electron chi connectivity index (χ2n) is 4.43. The first-order valence-corrected chi connectivity index (χ1v) is 10.4. The molecule has 82 valence electrons. The van der Waals surface area contributed by atoms with Crippen LogP contribution in [0.3, 0.4) is 0 Å². The van der Waals surface area contributed by atoms with Gasteiger partial charge in [0.2, 0.25) is 0 Å². The first-order chi connectivity index (χ1) is 7.01. The van der Waals surface area contributed by atoms with E-state index in [0.29, 0.717) is 0 Å². The highest BCUT2D eigenvalue weighted by atomic mass is 32.4. The molecule has 0 bridgehead atoms. The van der Waals surface area contributed by atoms with E-state index in [4.69, 9.17) is 0 Å². The third kappa shape index (κ3) is 5.19. The highest BCUT2D eigenvalue weighted by molar-refractivity contribution is 8.28. The van der Waals surface area contributed by atoms with Crippen molar-refractivity contribution in [3.8, 4) is 0 Å². The van der Waals surface area contributed by atoms with Crippen LogP contribution in [-0.2, 0) is 0 Å². The molecule has 15 heavy (non-hydrogen) atoms. The fourth-order valence-electron chi connectivity index (χ4n) is 1.15. The van der Waals surface area contributed by atoms with Crippen molar-refractivity contribution in [1.29, 1.82) is 0 Å². The smallest absolute Gasteiger partial charge is 0.114 e. The monoisotopic (exact) mass is 237 g/mol. The van der Waals surface area contributed by atoms with Gasteiger partial charge in [0.25, 0.3) is 0 Å². The van der Waals surface area contributed by atoms with E-state index in [1.54, 1.807) is 0 Å². The van der Waals surface area contributed by atoms with Crippen LogP contribution in [0.15, 0.2) is 34.2 Å². The van der Waals surface area contributed by atoms with Crippen LogP contribution >= 0.6 is 11.2 Å². The maximum atomic E-state index is 4.34. The molecular weight excluding hydrogens is 218 g/mol. The average molecular weight is 237 g/mol. The molecule has 0 aliphatic rings. The summed E-state index contributed by atoms with van der Waals surface area (Å²) in [4.78, 5) is 5.70. The first kappa shape index (κ1) is 12.5. The zero-order valence-corrected chi connectivity index (χ0v) is 11.8. The standard InChI is InChI=1S/C12H19NSSi/c1-5-10-13-11-6-8-12(9-7-11)14-15(2,3)4/h6-10H,5H2,1-4H3/b13-10+. The molecule has 1 rings (SSSR count). The summed E-state index contributed by atoms with van der Waals surface area (Å²) in [5.41, 5.74) is 1.05. The molecule has 0 N–H and O–H groups in total. The van der Waals surface area contributed by atoms with Crippen LogP contribution in [-0.4, -0.2) is 13.4 Å². The molecule has 0 heterocycles. The third-order valence-electron chi connectivity index (χ3n) is 1.68. The van der Waals surface area contributed by atoms with E-state index >= 15 is 0 Å². The summed E-state index contributed by atoms with van der Waals surface area (Å²) < 4.78 is 0. The molecule has 3 heteroatoms. The minimum Gasteiger partial charge on any atom is -0.261 e. The van der Waals surface area contributed by atoms with Crippen molar-refractivity contribution in [3.63, 3.8) is 0 Å². The van der Waals surface area contributed by atoms with E-state index in [9.17, 15) is 0 Å². The quantitative estimate of drug-likeness (QED) is 0.545. The third-order valence-corrected chi connectivity index (χ3v) is 5.35. The molecule has 0 spiro atoms. The van der Waals surface area contributed by atoms with Gasteiger partial charge in [0.15, 0.2) is 0 Å². The minimum absolute atomic E-state index is 0.991. The van der Waals surface area contributed by atoms with Gasteiger partial charge in [-0.25, -0.2) is 0 Å². The van der Waals surface area contributed by atoms with Gasteiger partial charge in [-0.2, -0.15) is 11.2 Å². The Labute approximate surface area is 97.7 Å². The molecule has 0 fully saturated rings. The number of hydrogen-bond acceptors (Lipinski definition) is 2. The summed E-state index contributed by atoms with van der Waals surface area (Å²) in [6.07, 6.45) is 2.94. The second-order valence-corrected chi connectivity index (χ2v) is 13.6. The van der Waals surface area contributed by atoms with Crippen LogP contribution in [0.25, 0.3) is 0 Å². The van der Waals surface area contributed by atoms with Crippen LogP contribution < -0.4 is 0 Å². The normalized spacial score (nSPS) is 12.3. The predicted octanol–water partition coefficient (Wildman–Crippen LogP) is 4.73. The van der Waals surface area contributed by atoms with E-state index < -0.39 is 7.22 Å². The van der Waals surface area contributed by atoms with Crippen molar-refractivity contribution in [2.24, 2.45) is 4.99 Å². The van der Waals surface area contributed by atoms with Crippen LogP contribution in [0, 0.1) is 0 Å². The van der Waals surface area contributed by atoms with Crippen LogP contribution in [0.2, 0.25) is 19.6 Å². The van der Waals surface area contributed by atoms with E-state index in [0.717, 1.165) is 12.1 Å². The molecule has 1 aromatic carbocycles. The van der Waals surface area contributed by atoms with Gasteiger partial charge in [-0.3, -0.25) is 4.99 Å². The van der Waals surface area contributed by atoms with Crippen molar-refractivity contribution < 1.29 is 0 Å². The Hall–Kier alpha value is -0.543. The zero-order chi connectivity index (χ0) is 11.3. The lowest BCUT2D eigenvalue weighted by atomic mass is 10.3. The van der Waals surface area contributed by atoms with Gasteiger partial charge >= 0.3 is 0 Å². The summed E-state index contributed by atoms with van der Waals surface area (Å²) in [5, 5.41) is 0. The second kappa shape index (κ2) is 5.52. The lowest BCUT2D eigenvalue weighted by molar-refractivity contribution is 1.31. The number of nitrogens with zero attached hydrogens (tertiary/aromatic N) is 1. The summed E-state index contributed by atoms with van der Waals surface area (Å²) in [6.45, 7) is 9.18. The van der Waals surface area contributed by atoms with Gasteiger partial charge in [0.05, 0.1) is 5.69 Å². The SMILES string of the molecule is CC/C=N/c1ccc(S[Si](C)(C)C)cc1. The van der Waals surface area contributed by atoms with Crippen LogP contribution in [0.1, 0.15) is 13.3 Å². The number of benzene rings is 1. The van der Waals surface area contributed by atoms with Gasteiger partial charge in [0.1, 0.15) is 7.22 Å². The summed E-state index contributed by atoms with van der Waals surface area (Å²) in [6, 6.07) is 8.53. The van der Waals surface area contributed by atoms with E-state index in [2.05, 4.69) is 55.8 Å². The summed E-state index contributed by atoms with van der Waals surface area (Å²) >= 11 is 2.02. The Morgan fingerprint density at radius 2 is 1.80 bits per heavy atom. The van der Waals surface area contributed by atoms with Crippen LogP contribution in [0.4, 0.5) is 5.69 Å². The molecule has 0 saturated carbocycles. The van der Waals surface area contributed by atoms with Crippen molar-refractivity contribution in [2.75, 3.05) is 0 Å².